The molecule has 0 aliphatic carbocycles. The molecule has 0 aromatic heterocycles. The van der Waals surface area contributed by atoms with E-state index in [0.29, 0.717) is 6.42 Å². The summed E-state index contributed by atoms with van der Waals surface area (Å²) in [4.78, 5) is 2.24. The first-order valence-corrected chi connectivity index (χ1v) is 6.05. The number of hydrogen-bond acceptors (Lipinski definition) is 2. The van der Waals surface area contributed by atoms with Crippen molar-refractivity contribution in [2.45, 2.75) is 25.1 Å². The maximum atomic E-state index is 13.9. The molecule has 1 saturated heterocycles. The Labute approximate surface area is 95.4 Å². The van der Waals surface area contributed by atoms with E-state index in [1.54, 1.807) is 0 Å². The van der Waals surface area contributed by atoms with Crippen molar-refractivity contribution < 1.29 is 4.39 Å². The molecule has 0 bridgehead atoms. The van der Waals surface area contributed by atoms with Crippen LogP contribution in [0.15, 0.2) is 24.3 Å². The van der Waals surface area contributed by atoms with Crippen LogP contribution >= 0.6 is 0 Å². The van der Waals surface area contributed by atoms with E-state index >= 15 is 0 Å². The smallest absolute Gasteiger partial charge is 0.123 e. The van der Waals surface area contributed by atoms with E-state index in [1.165, 1.54) is 11.3 Å². The minimum atomic E-state index is -0.688. The standard InChI is InChI=1S/C13H17FN2/c14-11-5-7-15-9-13(11)16-8-6-10-3-1-2-4-12(10)16/h1-4,11,13,15H,5-9H2/t11-,13+/m1/s1. The van der Waals surface area contributed by atoms with Gasteiger partial charge in [-0.1, -0.05) is 18.2 Å². The Morgan fingerprint density at radius 2 is 2.19 bits per heavy atom. The first kappa shape index (κ1) is 10.1. The maximum Gasteiger partial charge on any atom is 0.123 e. The number of piperidine rings is 1. The zero-order valence-corrected chi connectivity index (χ0v) is 9.32. The molecule has 1 aromatic carbocycles. The Balaban J connectivity index is 1.86. The number of fused-ring (bicyclic) bond motifs is 1. The second-order valence-electron chi connectivity index (χ2n) is 4.65. The van der Waals surface area contributed by atoms with E-state index in [9.17, 15) is 4.39 Å². The summed E-state index contributed by atoms with van der Waals surface area (Å²) in [6.07, 6.45) is 1.01. The summed E-state index contributed by atoms with van der Waals surface area (Å²) < 4.78 is 13.9. The van der Waals surface area contributed by atoms with Gasteiger partial charge in [0.2, 0.25) is 0 Å². The van der Waals surface area contributed by atoms with Crippen LogP contribution in [0.3, 0.4) is 0 Å². The van der Waals surface area contributed by atoms with Crippen LogP contribution in [0.2, 0.25) is 0 Å². The zero-order chi connectivity index (χ0) is 11.0. The highest BCUT2D eigenvalue weighted by atomic mass is 19.1. The van der Waals surface area contributed by atoms with Gasteiger partial charge in [-0.25, -0.2) is 4.39 Å². The van der Waals surface area contributed by atoms with Gasteiger partial charge in [0.1, 0.15) is 6.17 Å². The molecule has 2 heterocycles. The summed E-state index contributed by atoms with van der Waals surface area (Å²) in [5.41, 5.74) is 2.60. The predicted molar refractivity (Wildman–Crippen MR) is 63.7 cm³/mol. The van der Waals surface area contributed by atoms with Crippen LogP contribution in [0.25, 0.3) is 0 Å². The molecular weight excluding hydrogens is 203 g/mol. The summed E-state index contributed by atoms with van der Waals surface area (Å²) in [5, 5.41) is 3.29. The van der Waals surface area contributed by atoms with E-state index in [2.05, 4.69) is 28.4 Å². The molecule has 16 heavy (non-hydrogen) atoms. The third kappa shape index (κ3) is 1.59. The van der Waals surface area contributed by atoms with E-state index in [0.717, 1.165) is 26.1 Å². The van der Waals surface area contributed by atoms with Crippen molar-refractivity contribution >= 4 is 5.69 Å². The molecule has 3 rings (SSSR count). The van der Waals surface area contributed by atoms with Crippen LogP contribution in [0.5, 0.6) is 0 Å². The van der Waals surface area contributed by atoms with Gasteiger partial charge >= 0.3 is 0 Å². The fourth-order valence-corrected chi connectivity index (χ4v) is 2.82. The molecule has 0 unspecified atom stereocenters. The van der Waals surface area contributed by atoms with Crippen molar-refractivity contribution in [2.24, 2.45) is 0 Å². The van der Waals surface area contributed by atoms with Crippen molar-refractivity contribution in [1.82, 2.24) is 5.32 Å². The Morgan fingerprint density at radius 1 is 1.31 bits per heavy atom. The van der Waals surface area contributed by atoms with E-state index in [1.807, 2.05) is 6.07 Å². The van der Waals surface area contributed by atoms with Gasteiger partial charge < -0.3 is 10.2 Å². The van der Waals surface area contributed by atoms with Gasteiger partial charge in [0.25, 0.3) is 0 Å². The lowest BCUT2D eigenvalue weighted by Crippen LogP contribution is -2.52. The molecule has 1 fully saturated rings. The highest BCUT2D eigenvalue weighted by Crippen LogP contribution is 2.31. The van der Waals surface area contributed by atoms with Gasteiger partial charge in [0, 0.05) is 18.8 Å². The Bertz CT molecular complexity index is 380. The summed E-state index contributed by atoms with van der Waals surface area (Å²) in [6, 6.07) is 8.40. The summed E-state index contributed by atoms with van der Waals surface area (Å²) in [5.74, 6) is 0. The van der Waals surface area contributed by atoms with E-state index < -0.39 is 6.17 Å². The molecular formula is C13H17FN2. The second-order valence-corrected chi connectivity index (χ2v) is 4.65. The van der Waals surface area contributed by atoms with Crippen molar-refractivity contribution in [3.05, 3.63) is 29.8 Å². The highest BCUT2D eigenvalue weighted by Gasteiger charge is 2.33. The second kappa shape index (κ2) is 4.06. The quantitative estimate of drug-likeness (QED) is 0.775. The van der Waals surface area contributed by atoms with Crippen molar-refractivity contribution in [3.63, 3.8) is 0 Å². The molecule has 86 valence electrons. The number of benzene rings is 1. The Kier molecular flexibility index (Phi) is 2.56. The minimum Gasteiger partial charge on any atom is -0.364 e. The van der Waals surface area contributed by atoms with E-state index in [-0.39, 0.29) is 6.04 Å². The van der Waals surface area contributed by atoms with Crippen molar-refractivity contribution in [2.75, 3.05) is 24.5 Å². The molecule has 2 aliphatic rings. The summed E-state index contributed by atoms with van der Waals surface area (Å²) in [6.45, 7) is 2.55. The SMILES string of the molecule is F[C@@H]1CCNC[C@@H]1N1CCc2ccccc21. The monoisotopic (exact) mass is 220 g/mol. The van der Waals surface area contributed by atoms with Crippen LogP contribution in [-0.2, 0) is 6.42 Å². The molecule has 0 saturated carbocycles. The molecule has 2 atom stereocenters. The zero-order valence-electron chi connectivity index (χ0n) is 9.32. The molecule has 0 spiro atoms. The average molecular weight is 220 g/mol. The van der Waals surface area contributed by atoms with E-state index in [4.69, 9.17) is 0 Å². The molecule has 2 aliphatic heterocycles. The molecule has 0 amide bonds. The number of para-hydroxylation sites is 1. The minimum absolute atomic E-state index is 0.0254. The number of hydrogen-bond donors (Lipinski definition) is 1. The van der Waals surface area contributed by atoms with Gasteiger partial charge in [-0.15, -0.1) is 0 Å². The number of halogens is 1. The fourth-order valence-electron chi connectivity index (χ4n) is 2.82. The highest BCUT2D eigenvalue weighted by molar-refractivity contribution is 5.58. The largest absolute Gasteiger partial charge is 0.364 e. The Morgan fingerprint density at radius 3 is 3.06 bits per heavy atom. The van der Waals surface area contributed by atoms with Crippen LogP contribution in [-0.4, -0.2) is 31.8 Å². The van der Waals surface area contributed by atoms with Crippen LogP contribution in [0.4, 0.5) is 10.1 Å². The average Bonchev–Trinajstić information content (AvgIpc) is 2.74. The summed E-state index contributed by atoms with van der Waals surface area (Å²) in [7, 11) is 0. The summed E-state index contributed by atoms with van der Waals surface area (Å²) >= 11 is 0. The van der Waals surface area contributed by atoms with Gasteiger partial charge in [-0.05, 0) is 31.0 Å². The molecule has 1 aromatic rings. The third-order valence-electron chi connectivity index (χ3n) is 3.69. The Hall–Kier alpha value is -1.09. The topological polar surface area (TPSA) is 15.3 Å². The van der Waals surface area contributed by atoms with Gasteiger partial charge in [-0.2, -0.15) is 0 Å². The normalized spacial score (nSPS) is 29.2. The maximum absolute atomic E-state index is 13.9. The van der Waals surface area contributed by atoms with Crippen LogP contribution < -0.4 is 10.2 Å². The lowest BCUT2D eigenvalue weighted by atomic mass is 10.0. The van der Waals surface area contributed by atoms with Gasteiger partial charge in [0.15, 0.2) is 0 Å². The van der Waals surface area contributed by atoms with Crippen molar-refractivity contribution in [1.29, 1.82) is 0 Å². The first-order valence-electron chi connectivity index (χ1n) is 6.05. The number of nitrogens with zero attached hydrogens (tertiary/aromatic N) is 1. The molecule has 3 heteroatoms. The van der Waals surface area contributed by atoms with Crippen LogP contribution in [0.1, 0.15) is 12.0 Å². The number of rotatable bonds is 1. The van der Waals surface area contributed by atoms with Gasteiger partial charge in [0.05, 0.1) is 6.04 Å². The fraction of sp³-hybridized carbons (Fsp3) is 0.538. The lowest BCUT2D eigenvalue weighted by molar-refractivity contribution is 0.222. The molecule has 2 nitrogen and oxygen atoms in total. The lowest BCUT2D eigenvalue weighted by Gasteiger charge is -2.36. The number of alkyl halides is 1. The predicted octanol–water partition coefficient (Wildman–Crippen LogP) is 1.75. The first-order chi connectivity index (χ1) is 7.86. The number of anilines is 1. The third-order valence-corrected chi connectivity index (χ3v) is 3.69. The molecule has 1 N–H and O–H groups in total. The van der Waals surface area contributed by atoms with Crippen LogP contribution in [0, 0.1) is 0 Å². The molecule has 0 radical (unpaired) electrons. The van der Waals surface area contributed by atoms with Gasteiger partial charge in [-0.3, -0.25) is 0 Å². The van der Waals surface area contributed by atoms with Crippen molar-refractivity contribution in [3.8, 4) is 0 Å². The number of nitrogens with one attached hydrogen (secondary N) is 1.